The Bertz CT molecular complexity index is 2180. The molecule has 1 fully saturated rings. The van der Waals surface area contributed by atoms with Gasteiger partial charge < -0.3 is 34.8 Å². The van der Waals surface area contributed by atoms with Gasteiger partial charge in [-0.2, -0.15) is 0 Å². The summed E-state index contributed by atoms with van der Waals surface area (Å²) in [5, 5.41) is 18.9. The normalized spacial score (nSPS) is 22.4. The number of fused-ring (bicyclic) bond motifs is 8. The van der Waals surface area contributed by atoms with Crippen LogP contribution in [0.3, 0.4) is 0 Å². The monoisotopic (exact) mass is 664 g/mol. The van der Waals surface area contributed by atoms with Crippen LogP contribution in [-0.4, -0.2) is 51.8 Å². The van der Waals surface area contributed by atoms with Crippen LogP contribution >= 0.6 is 0 Å². The summed E-state index contributed by atoms with van der Waals surface area (Å²) in [5.74, 6) is -1.93. The van der Waals surface area contributed by atoms with Crippen LogP contribution in [0.4, 0.5) is 0 Å². The number of carbonyl (C=O) groups is 2. The molecule has 1 saturated heterocycles. The molecule has 0 spiro atoms. The van der Waals surface area contributed by atoms with Gasteiger partial charge in [0.2, 0.25) is 0 Å². The van der Waals surface area contributed by atoms with Gasteiger partial charge in [-0.3, -0.25) is 9.59 Å². The van der Waals surface area contributed by atoms with Crippen LogP contribution in [0.15, 0.2) is 23.9 Å². The Morgan fingerprint density at radius 3 is 2.37 bits per heavy atom. The fourth-order valence-corrected chi connectivity index (χ4v) is 7.94. The standard InChI is InChI=1S/C40H48N4O5/c1-10-24-20(5)27-16-29-22(7)26(12-13-33(45)49-15-14-19(3)4)37(43-29)35-36(40(47)48-9)39(46)34-23(8)30(44-38(34)35)18-32-25(11-2)21(6)28(42-32)17-31(24)41-27/h10,14,16-18,22,26,36-37,41-44,46H,1,11-13,15H2,2-9H3/b28-17?,29-16-,32-18-/t22-,26-,36+,37?/m0/s1. The fraction of sp³-hybridized carbons (Fsp3) is 0.400. The maximum Gasteiger partial charge on any atom is 0.320 e. The Labute approximate surface area is 286 Å². The summed E-state index contributed by atoms with van der Waals surface area (Å²) >= 11 is 0. The first-order valence-corrected chi connectivity index (χ1v) is 17.2. The highest BCUT2D eigenvalue weighted by molar-refractivity contribution is 5.95. The number of rotatable bonds is 8. The van der Waals surface area contributed by atoms with Crippen molar-refractivity contribution >= 4 is 47.6 Å². The second kappa shape index (κ2) is 13.2. The zero-order valence-electron chi connectivity index (χ0n) is 29.8. The van der Waals surface area contributed by atoms with Crippen molar-refractivity contribution in [2.24, 2.45) is 17.8 Å². The molecule has 0 saturated carbocycles. The molecule has 8 bridgehead atoms. The first-order valence-electron chi connectivity index (χ1n) is 17.2. The molecule has 1 unspecified atom stereocenters. The van der Waals surface area contributed by atoms with Gasteiger partial charge in [0.25, 0.3) is 0 Å². The molecule has 3 aromatic heterocycles. The van der Waals surface area contributed by atoms with E-state index in [1.165, 1.54) is 18.2 Å². The highest BCUT2D eigenvalue weighted by Gasteiger charge is 2.47. The Morgan fingerprint density at radius 2 is 1.69 bits per heavy atom. The molecule has 3 aliphatic rings. The van der Waals surface area contributed by atoms with Crippen molar-refractivity contribution in [3.8, 4) is 0 Å². The van der Waals surface area contributed by atoms with Crippen molar-refractivity contribution in [1.29, 1.82) is 0 Å². The van der Waals surface area contributed by atoms with Crippen LogP contribution in [0.2, 0.25) is 0 Å². The first-order chi connectivity index (χ1) is 23.4. The predicted molar refractivity (Wildman–Crippen MR) is 194 cm³/mol. The number of methoxy groups -OCH3 is 1. The van der Waals surface area contributed by atoms with Crippen molar-refractivity contribution in [3.05, 3.63) is 90.1 Å². The van der Waals surface area contributed by atoms with Crippen molar-refractivity contribution in [2.75, 3.05) is 13.7 Å². The van der Waals surface area contributed by atoms with Gasteiger partial charge in [0.15, 0.2) is 0 Å². The van der Waals surface area contributed by atoms with Crippen LogP contribution < -0.4 is 26.6 Å². The third-order valence-corrected chi connectivity index (χ3v) is 10.7. The fourth-order valence-electron chi connectivity index (χ4n) is 7.94. The number of aliphatic hydroxyl groups is 1. The molecule has 0 aromatic carbocycles. The van der Waals surface area contributed by atoms with Gasteiger partial charge in [-0.25, -0.2) is 0 Å². The van der Waals surface area contributed by atoms with Gasteiger partial charge in [-0.15, -0.1) is 0 Å². The van der Waals surface area contributed by atoms with Crippen molar-refractivity contribution in [3.63, 3.8) is 0 Å². The summed E-state index contributed by atoms with van der Waals surface area (Å²) in [6.45, 7) is 18.8. The molecule has 0 radical (unpaired) electrons. The Balaban J connectivity index is 1.61. The molecule has 5 heterocycles. The van der Waals surface area contributed by atoms with E-state index < -0.39 is 11.9 Å². The minimum atomic E-state index is -0.986. The highest BCUT2D eigenvalue weighted by atomic mass is 16.5. The first kappa shape index (κ1) is 34.0. The predicted octanol–water partition coefficient (Wildman–Crippen LogP) is 3.95. The van der Waals surface area contributed by atoms with Crippen LogP contribution in [0.5, 0.6) is 0 Å². The average molecular weight is 665 g/mol. The lowest BCUT2D eigenvalue weighted by atomic mass is 9.80. The Hall–Kier alpha value is -4.92. The number of aromatic amines is 3. The zero-order chi connectivity index (χ0) is 35.3. The number of H-pyrrole nitrogens is 3. The van der Waals surface area contributed by atoms with Crippen LogP contribution in [0, 0.1) is 38.5 Å². The molecule has 3 aromatic rings. The molecule has 9 heteroatoms. The second-order valence-electron chi connectivity index (χ2n) is 13.8. The number of aliphatic hydroxyl groups excluding tert-OH is 1. The summed E-state index contributed by atoms with van der Waals surface area (Å²) in [6.07, 6.45) is 11.7. The second-order valence-corrected chi connectivity index (χ2v) is 13.8. The van der Waals surface area contributed by atoms with Gasteiger partial charge in [-0.1, -0.05) is 32.1 Å². The minimum Gasteiger partial charge on any atom is -0.510 e. The lowest BCUT2D eigenvalue weighted by molar-refractivity contribution is -0.143. The quantitative estimate of drug-likeness (QED) is 0.183. The van der Waals surface area contributed by atoms with Crippen molar-refractivity contribution < 1.29 is 24.2 Å². The van der Waals surface area contributed by atoms with E-state index in [2.05, 4.69) is 72.8 Å². The molecule has 2 aliphatic heterocycles. The highest BCUT2D eigenvalue weighted by Crippen LogP contribution is 2.42. The van der Waals surface area contributed by atoms with E-state index in [9.17, 15) is 14.7 Å². The molecule has 0 amide bonds. The van der Waals surface area contributed by atoms with E-state index in [1.54, 1.807) is 0 Å². The van der Waals surface area contributed by atoms with E-state index in [0.717, 1.165) is 67.7 Å². The zero-order valence-corrected chi connectivity index (χ0v) is 29.8. The number of allylic oxidation sites excluding steroid dienone is 2. The van der Waals surface area contributed by atoms with Gasteiger partial charge in [0, 0.05) is 56.6 Å². The van der Waals surface area contributed by atoms with Gasteiger partial charge in [-0.05, 0) is 106 Å². The average Bonchev–Trinajstić information content (AvgIpc) is 3.80. The third-order valence-electron chi connectivity index (χ3n) is 10.7. The Morgan fingerprint density at radius 1 is 0.980 bits per heavy atom. The maximum atomic E-state index is 13.5. The van der Waals surface area contributed by atoms with E-state index in [4.69, 9.17) is 9.47 Å². The lowest BCUT2D eigenvalue weighted by Gasteiger charge is -2.26. The molecule has 258 valence electrons. The molecule has 5 N–H and O–H groups in total. The van der Waals surface area contributed by atoms with E-state index >= 15 is 0 Å². The molecule has 1 aliphatic carbocycles. The van der Waals surface area contributed by atoms with Crippen LogP contribution in [0.1, 0.15) is 85.4 Å². The smallest absolute Gasteiger partial charge is 0.320 e. The number of carbonyl (C=O) groups excluding carboxylic acids is 2. The molecule has 49 heavy (non-hydrogen) atoms. The Kier molecular flexibility index (Phi) is 9.13. The molecular weight excluding hydrogens is 616 g/mol. The molecule has 6 rings (SSSR count). The van der Waals surface area contributed by atoms with Crippen LogP contribution in [0.25, 0.3) is 35.6 Å². The van der Waals surface area contributed by atoms with Gasteiger partial charge in [0.05, 0.1) is 18.5 Å². The van der Waals surface area contributed by atoms with E-state index in [0.29, 0.717) is 17.0 Å². The third kappa shape index (κ3) is 5.79. The summed E-state index contributed by atoms with van der Waals surface area (Å²) in [5.41, 5.74) is 10.8. The van der Waals surface area contributed by atoms with E-state index in [-0.39, 0.29) is 42.6 Å². The topological polar surface area (TPSA) is 132 Å². The molecular formula is C40H48N4O5. The summed E-state index contributed by atoms with van der Waals surface area (Å²) in [4.78, 5) is 37.3. The van der Waals surface area contributed by atoms with E-state index in [1.807, 2.05) is 32.9 Å². The largest absolute Gasteiger partial charge is 0.510 e. The summed E-state index contributed by atoms with van der Waals surface area (Å²) in [6, 6.07) is -0.385. The van der Waals surface area contributed by atoms with Crippen molar-refractivity contribution in [1.82, 2.24) is 20.3 Å². The number of hydrogen-bond donors (Lipinski definition) is 5. The van der Waals surface area contributed by atoms with Gasteiger partial charge >= 0.3 is 11.9 Å². The van der Waals surface area contributed by atoms with Crippen LogP contribution in [-0.2, 0) is 25.5 Å². The molecule has 9 nitrogen and oxygen atoms in total. The van der Waals surface area contributed by atoms with Gasteiger partial charge in [0.1, 0.15) is 18.3 Å². The van der Waals surface area contributed by atoms with Crippen molar-refractivity contribution in [2.45, 2.75) is 73.8 Å². The number of nitrogens with one attached hydrogen (secondary N) is 4. The number of hydrogen-bond acceptors (Lipinski definition) is 6. The number of esters is 2. The SMILES string of the molecule is C=Cc1c2[nH]c(c1C)/C=C1\NC(C3=c4[nH]c(c(C)c4=C(O)[C@@H]3C(=O)OC)/C=c3\[nH]c(c(C)c3CC)=C2)[C@@H](CCC(=O)OCC=C(C)C)[C@@H]1C. The maximum absolute atomic E-state index is 13.5. The lowest BCUT2D eigenvalue weighted by Crippen LogP contribution is -2.38. The summed E-state index contributed by atoms with van der Waals surface area (Å²) < 4.78 is 10.8. The minimum absolute atomic E-state index is 0.0208. The number of ether oxygens (including phenoxy) is 2. The number of aromatic nitrogens is 3. The summed E-state index contributed by atoms with van der Waals surface area (Å²) in [7, 11) is 1.34. The molecule has 4 atom stereocenters.